The molecular formula is C24H28N4O. The van der Waals surface area contributed by atoms with E-state index in [0.29, 0.717) is 18.2 Å². The molecule has 0 aliphatic heterocycles. The van der Waals surface area contributed by atoms with Crippen molar-refractivity contribution >= 4 is 5.91 Å². The number of benzene rings is 1. The largest absolute Gasteiger partial charge is 0.346 e. The standard InChI is InChI=1S/C24H28N4O/c1-2-5-18-8-10-20(11-9-18)24(29)26-17-21-16-23(19-12-14-25-15-13-19)28(27-21)22-6-3-4-7-22/h8-16,22H,2-7,17H2,1H3,(H,26,29). The van der Waals surface area contributed by atoms with Crippen molar-refractivity contribution in [2.45, 2.75) is 58.0 Å². The van der Waals surface area contributed by atoms with Crippen molar-refractivity contribution in [3.63, 3.8) is 0 Å². The highest BCUT2D eigenvalue weighted by Crippen LogP contribution is 2.33. The van der Waals surface area contributed by atoms with E-state index >= 15 is 0 Å². The van der Waals surface area contributed by atoms with Crippen LogP contribution in [-0.2, 0) is 13.0 Å². The number of aryl methyl sites for hydroxylation is 1. The first-order valence-corrected chi connectivity index (χ1v) is 10.6. The van der Waals surface area contributed by atoms with Gasteiger partial charge in [0.25, 0.3) is 5.91 Å². The van der Waals surface area contributed by atoms with E-state index in [9.17, 15) is 4.79 Å². The number of hydrogen-bond donors (Lipinski definition) is 1. The molecular weight excluding hydrogens is 360 g/mol. The third-order valence-corrected chi connectivity index (χ3v) is 5.62. The highest BCUT2D eigenvalue weighted by molar-refractivity contribution is 5.94. The number of rotatable bonds is 7. The lowest BCUT2D eigenvalue weighted by molar-refractivity contribution is 0.0950. The second-order valence-corrected chi connectivity index (χ2v) is 7.77. The van der Waals surface area contributed by atoms with Crippen molar-refractivity contribution in [2.75, 3.05) is 0 Å². The first kappa shape index (κ1) is 19.4. The van der Waals surface area contributed by atoms with Crippen molar-refractivity contribution in [1.29, 1.82) is 0 Å². The summed E-state index contributed by atoms with van der Waals surface area (Å²) in [6.45, 7) is 2.58. The molecule has 0 spiro atoms. The number of amides is 1. The maximum atomic E-state index is 12.6. The highest BCUT2D eigenvalue weighted by Gasteiger charge is 2.22. The lowest BCUT2D eigenvalue weighted by Crippen LogP contribution is -2.23. The van der Waals surface area contributed by atoms with Crippen LogP contribution in [0, 0.1) is 0 Å². The second kappa shape index (κ2) is 9.03. The Balaban J connectivity index is 1.49. The topological polar surface area (TPSA) is 59.8 Å². The van der Waals surface area contributed by atoms with Crippen LogP contribution in [0.5, 0.6) is 0 Å². The van der Waals surface area contributed by atoms with Crippen LogP contribution < -0.4 is 5.32 Å². The minimum Gasteiger partial charge on any atom is -0.346 e. The number of nitrogens with one attached hydrogen (secondary N) is 1. The average molecular weight is 389 g/mol. The van der Waals surface area contributed by atoms with Gasteiger partial charge < -0.3 is 5.32 Å². The van der Waals surface area contributed by atoms with E-state index in [4.69, 9.17) is 5.10 Å². The van der Waals surface area contributed by atoms with Gasteiger partial charge in [-0.2, -0.15) is 5.10 Å². The maximum absolute atomic E-state index is 12.6. The van der Waals surface area contributed by atoms with E-state index in [0.717, 1.165) is 42.6 Å². The molecule has 1 aliphatic carbocycles. The van der Waals surface area contributed by atoms with Crippen molar-refractivity contribution < 1.29 is 4.79 Å². The summed E-state index contributed by atoms with van der Waals surface area (Å²) >= 11 is 0. The van der Waals surface area contributed by atoms with Gasteiger partial charge in [0.15, 0.2) is 0 Å². The lowest BCUT2D eigenvalue weighted by Gasteiger charge is -2.14. The van der Waals surface area contributed by atoms with Gasteiger partial charge in [0, 0.05) is 23.5 Å². The molecule has 0 bridgehead atoms. The number of carbonyl (C=O) groups excluding carboxylic acids is 1. The highest BCUT2D eigenvalue weighted by atomic mass is 16.1. The molecule has 1 fully saturated rings. The molecule has 4 rings (SSSR count). The monoisotopic (exact) mass is 388 g/mol. The predicted octanol–water partition coefficient (Wildman–Crippen LogP) is 4.94. The molecule has 1 aromatic carbocycles. The number of nitrogens with zero attached hydrogens (tertiary/aromatic N) is 3. The molecule has 0 saturated heterocycles. The first-order chi connectivity index (χ1) is 14.2. The van der Waals surface area contributed by atoms with E-state index in [2.05, 4.69) is 28.0 Å². The summed E-state index contributed by atoms with van der Waals surface area (Å²) in [6, 6.07) is 14.4. The Hall–Kier alpha value is -2.95. The quantitative estimate of drug-likeness (QED) is 0.623. The zero-order chi connectivity index (χ0) is 20.1. The average Bonchev–Trinajstić information content (AvgIpc) is 3.43. The Kier molecular flexibility index (Phi) is 6.03. The molecule has 2 aromatic heterocycles. The predicted molar refractivity (Wildman–Crippen MR) is 115 cm³/mol. The molecule has 1 saturated carbocycles. The van der Waals surface area contributed by atoms with Crippen LogP contribution in [0.1, 0.15) is 66.7 Å². The molecule has 2 heterocycles. The summed E-state index contributed by atoms with van der Waals surface area (Å²) in [5.41, 5.74) is 5.06. The van der Waals surface area contributed by atoms with Crippen LogP contribution in [0.15, 0.2) is 54.9 Å². The fourth-order valence-corrected chi connectivity index (χ4v) is 4.08. The van der Waals surface area contributed by atoms with Crippen LogP contribution in [0.25, 0.3) is 11.3 Å². The summed E-state index contributed by atoms with van der Waals surface area (Å²) in [5, 5.41) is 7.88. The summed E-state index contributed by atoms with van der Waals surface area (Å²) in [7, 11) is 0. The lowest BCUT2D eigenvalue weighted by atomic mass is 10.1. The van der Waals surface area contributed by atoms with E-state index in [1.165, 1.54) is 18.4 Å². The Bertz CT molecular complexity index is 941. The van der Waals surface area contributed by atoms with Crippen LogP contribution in [-0.4, -0.2) is 20.7 Å². The van der Waals surface area contributed by atoms with Gasteiger partial charge in [0.05, 0.1) is 24.0 Å². The van der Waals surface area contributed by atoms with Crippen LogP contribution >= 0.6 is 0 Å². The Labute approximate surface area is 172 Å². The van der Waals surface area contributed by atoms with E-state index in [1.807, 2.05) is 48.8 Å². The number of carbonyl (C=O) groups is 1. The van der Waals surface area contributed by atoms with Gasteiger partial charge >= 0.3 is 0 Å². The minimum absolute atomic E-state index is 0.0612. The van der Waals surface area contributed by atoms with Gasteiger partial charge in [-0.1, -0.05) is 38.3 Å². The minimum atomic E-state index is -0.0612. The third-order valence-electron chi connectivity index (χ3n) is 5.62. The second-order valence-electron chi connectivity index (χ2n) is 7.77. The van der Waals surface area contributed by atoms with Crippen molar-refractivity contribution in [3.8, 4) is 11.3 Å². The summed E-state index contributed by atoms with van der Waals surface area (Å²) in [6.07, 6.45) is 10.6. The summed E-state index contributed by atoms with van der Waals surface area (Å²) in [5.74, 6) is -0.0612. The SMILES string of the molecule is CCCc1ccc(C(=O)NCc2cc(-c3ccncc3)n(C3CCCC3)n2)cc1. The smallest absolute Gasteiger partial charge is 0.251 e. The van der Waals surface area contributed by atoms with E-state index in [1.54, 1.807) is 0 Å². The van der Waals surface area contributed by atoms with Crippen molar-refractivity contribution in [1.82, 2.24) is 20.1 Å². The number of pyridine rings is 1. The Morgan fingerprint density at radius 2 is 1.83 bits per heavy atom. The van der Waals surface area contributed by atoms with Gasteiger partial charge in [-0.25, -0.2) is 0 Å². The van der Waals surface area contributed by atoms with Crippen molar-refractivity contribution in [2.24, 2.45) is 0 Å². The molecule has 29 heavy (non-hydrogen) atoms. The number of aromatic nitrogens is 3. The summed E-state index contributed by atoms with van der Waals surface area (Å²) in [4.78, 5) is 16.7. The van der Waals surface area contributed by atoms with Gasteiger partial charge in [0.1, 0.15) is 0 Å². The fourth-order valence-electron chi connectivity index (χ4n) is 4.08. The Morgan fingerprint density at radius 3 is 2.52 bits per heavy atom. The normalized spacial score (nSPS) is 14.2. The Morgan fingerprint density at radius 1 is 1.10 bits per heavy atom. The van der Waals surface area contributed by atoms with Crippen LogP contribution in [0.3, 0.4) is 0 Å². The van der Waals surface area contributed by atoms with Crippen molar-refractivity contribution in [3.05, 3.63) is 71.7 Å². The molecule has 0 radical (unpaired) electrons. The first-order valence-electron chi connectivity index (χ1n) is 10.6. The van der Waals surface area contributed by atoms with Crippen LogP contribution in [0.2, 0.25) is 0 Å². The number of hydrogen-bond acceptors (Lipinski definition) is 3. The van der Waals surface area contributed by atoms with Gasteiger partial charge in [-0.15, -0.1) is 0 Å². The maximum Gasteiger partial charge on any atom is 0.251 e. The van der Waals surface area contributed by atoms with Gasteiger partial charge in [0.2, 0.25) is 0 Å². The van der Waals surface area contributed by atoms with E-state index < -0.39 is 0 Å². The molecule has 5 heteroatoms. The third kappa shape index (κ3) is 4.56. The fraction of sp³-hybridized carbons (Fsp3) is 0.375. The van der Waals surface area contributed by atoms with E-state index in [-0.39, 0.29) is 5.91 Å². The van der Waals surface area contributed by atoms with Gasteiger partial charge in [-0.05, 0) is 55.2 Å². The molecule has 1 amide bonds. The molecule has 150 valence electrons. The molecule has 0 unspecified atom stereocenters. The molecule has 1 aliphatic rings. The zero-order valence-electron chi connectivity index (χ0n) is 17.0. The molecule has 0 atom stereocenters. The van der Waals surface area contributed by atoms with Gasteiger partial charge in [-0.3, -0.25) is 14.5 Å². The zero-order valence-corrected chi connectivity index (χ0v) is 17.0. The summed E-state index contributed by atoms with van der Waals surface area (Å²) < 4.78 is 2.16. The molecule has 1 N–H and O–H groups in total. The van der Waals surface area contributed by atoms with Crippen LogP contribution in [0.4, 0.5) is 0 Å². The molecule has 3 aromatic rings. The molecule has 5 nitrogen and oxygen atoms in total.